The summed E-state index contributed by atoms with van der Waals surface area (Å²) >= 11 is 0. The second kappa shape index (κ2) is 6.97. The highest BCUT2D eigenvalue weighted by Crippen LogP contribution is 2.33. The fourth-order valence-corrected chi connectivity index (χ4v) is 2.47. The minimum Gasteiger partial charge on any atom is -0.388 e. The molecule has 20 heavy (non-hydrogen) atoms. The summed E-state index contributed by atoms with van der Waals surface area (Å²) in [4.78, 5) is 12.6. The van der Waals surface area contributed by atoms with Gasteiger partial charge in [0.15, 0.2) is 6.29 Å². The van der Waals surface area contributed by atoms with Gasteiger partial charge in [0.2, 0.25) is 0 Å². The molecule has 0 radical (unpaired) electrons. The molecule has 0 heterocycles. The van der Waals surface area contributed by atoms with Crippen molar-refractivity contribution in [3.63, 3.8) is 0 Å². The Morgan fingerprint density at radius 2 is 1.65 bits per heavy atom. The minimum atomic E-state index is -0.836. The topological polar surface area (TPSA) is 55.8 Å². The number of aliphatic hydroxyl groups excluding tert-OH is 1. The van der Waals surface area contributed by atoms with Crippen LogP contribution in [0.4, 0.5) is 0 Å². The predicted molar refractivity (Wildman–Crippen MR) is 77.2 cm³/mol. The molecule has 0 saturated heterocycles. The number of aliphatic hydroxyl groups is 1. The quantitative estimate of drug-likeness (QED) is 0.780. The average molecular weight is 280 g/mol. The van der Waals surface area contributed by atoms with Gasteiger partial charge in [-0.2, -0.15) is 0 Å². The molecule has 1 N–H and O–H groups in total. The molecule has 1 aromatic rings. The first kappa shape index (κ1) is 16.8. The van der Waals surface area contributed by atoms with Gasteiger partial charge in [-0.1, -0.05) is 37.3 Å². The first-order valence-corrected chi connectivity index (χ1v) is 6.69. The van der Waals surface area contributed by atoms with Crippen LogP contribution in [0.3, 0.4) is 0 Å². The van der Waals surface area contributed by atoms with Crippen molar-refractivity contribution >= 4 is 5.78 Å². The number of Topliss-reactive ketones (excluding diaryl/α,β-unsaturated/α-hetero) is 1. The lowest BCUT2D eigenvalue weighted by atomic mass is 9.78. The van der Waals surface area contributed by atoms with Gasteiger partial charge in [-0.25, -0.2) is 0 Å². The SMILES string of the molecule is COC(OC)C(C)(C)C(=O)C(C)C(O)c1ccccc1. The predicted octanol–water partition coefficient (Wildman–Crippen LogP) is 2.57. The zero-order valence-corrected chi connectivity index (χ0v) is 12.8. The van der Waals surface area contributed by atoms with Crippen molar-refractivity contribution in [3.05, 3.63) is 35.9 Å². The largest absolute Gasteiger partial charge is 0.388 e. The molecular weight excluding hydrogens is 256 g/mol. The second-order valence-electron chi connectivity index (χ2n) is 5.53. The van der Waals surface area contributed by atoms with Gasteiger partial charge in [0.1, 0.15) is 5.78 Å². The molecular formula is C16H24O4. The molecule has 112 valence electrons. The standard InChI is InChI=1S/C16H24O4/c1-11(13(17)12-9-7-6-8-10-12)14(18)16(2,3)15(19-4)20-5/h6-11,13,15,17H,1-5H3. The van der Waals surface area contributed by atoms with Crippen LogP contribution in [0.15, 0.2) is 30.3 Å². The third-order valence-electron chi connectivity index (χ3n) is 3.68. The molecule has 1 rings (SSSR count). The lowest BCUT2D eigenvalue weighted by Gasteiger charge is -2.34. The van der Waals surface area contributed by atoms with Gasteiger partial charge in [0.05, 0.1) is 11.5 Å². The van der Waals surface area contributed by atoms with Gasteiger partial charge in [0.25, 0.3) is 0 Å². The van der Waals surface area contributed by atoms with Crippen LogP contribution < -0.4 is 0 Å². The maximum Gasteiger partial charge on any atom is 0.168 e. The maximum absolute atomic E-state index is 12.6. The van der Waals surface area contributed by atoms with E-state index in [1.165, 1.54) is 14.2 Å². The van der Waals surface area contributed by atoms with Gasteiger partial charge in [-0.15, -0.1) is 0 Å². The van der Waals surface area contributed by atoms with E-state index in [2.05, 4.69) is 0 Å². The molecule has 0 aliphatic rings. The number of methoxy groups -OCH3 is 2. The van der Waals surface area contributed by atoms with E-state index < -0.39 is 23.7 Å². The Bertz CT molecular complexity index is 423. The van der Waals surface area contributed by atoms with Crippen molar-refractivity contribution in [3.8, 4) is 0 Å². The third kappa shape index (κ3) is 3.45. The number of hydrogen-bond acceptors (Lipinski definition) is 4. The van der Waals surface area contributed by atoms with E-state index in [9.17, 15) is 9.90 Å². The van der Waals surface area contributed by atoms with E-state index >= 15 is 0 Å². The van der Waals surface area contributed by atoms with Crippen molar-refractivity contribution < 1.29 is 19.4 Å². The lowest BCUT2D eigenvalue weighted by Crippen LogP contribution is -2.43. The van der Waals surface area contributed by atoms with Gasteiger partial charge in [-0.3, -0.25) is 4.79 Å². The van der Waals surface area contributed by atoms with Crippen LogP contribution in [0.25, 0.3) is 0 Å². The number of ether oxygens (including phenoxy) is 2. The highest BCUT2D eigenvalue weighted by molar-refractivity contribution is 5.87. The minimum absolute atomic E-state index is 0.0949. The molecule has 2 atom stereocenters. The van der Waals surface area contributed by atoms with Gasteiger partial charge >= 0.3 is 0 Å². The van der Waals surface area contributed by atoms with Crippen molar-refractivity contribution in [1.82, 2.24) is 0 Å². The maximum atomic E-state index is 12.6. The number of benzene rings is 1. The summed E-state index contributed by atoms with van der Waals surface area (Å²) in [7, 11) is 3.00. The van der Waals surface area contributed by atoms with E-state index in [4.69, 9.17) is 9.47 Å². The summed E-state index contributed by atoms with van der Waals surface area (Å²) in [6, 6.07) is 9.18. The fraction of sp³-hybridized carbons (Fsp3) is 0.562. The van der Waals surface area contributed by atoms with E-state index in [1.807, 2.05) is 30.3 Å². The number of ketones is 1. The summed E-state index contributed by atoms with van der Waals surface area (Å²) in [5.41, 5.74) is -0.103. The number of carbonyl (C=O) groups is 1. The molecule has 4 heteroatoms. The number of rotatable bonds is 7. The summed E-state index contributed by atoms with van der Waals surface area (Å²) in [5, 5.41) is 10.3. The highest BCUT2D eigenvalue weighted by atomic mass is 16.7. The monoisotopic (exact) mass is 280 g/mol. The van der Waals surface area contributed by atoms with Crippen LogP contribution in [0, 0.1) is 11.3 Å². The van der Waals surface area contributed by atoms with Gasteiger partial charge in [0, 0.05) is 20.1 Å². The Morgan fingerprint density at radius 1 is 1.15 bits per heavy atom. The van der Waals surface area contributed by atoms with E-state index in [0.717, 1.165) is 5.56 Å². The van der Waals surface area contributed by atoms with Crippen LogP contribution in [-0.2, 0) is 14.3 Å². The van der Waals surface area contributed by atoms with Crippen molar-refractivity contribution in [2.24, 2.45) is 11.3 Å². The van der Waals surface area contributed by atoms with Gasteiger partial charge in [-0.05, 0) is 19.4 Å². The van der Waals surface area contributed by atoms with E-state index in [-0.39, 0.29) is 5.78 Å². The first-order valence-electron chi connectivity index (χ1n) is 6.69. The normalized spacial score (nSPS) is 15.2. The van der Waals surface area contributed by atoms with Crippen LogP contribution in [0.1, 0.15) is 32.4 Å². The van der Waals surface area contributed by atoms with Crippen LogP contribution in [0.5, 0.6) is 0 Å². The summed E-state index contributed by atoms with van der Waals surface area (Å²) < 4.78 is 10.4. The Labute approximate surface area is 120 Å². The van der Waals surface area contributed by atoms with Crippen molar-refractivity contribution in [2.75, 3.05) is 14.2 Å². The van der Waals surface area contributed by atoms with E-state index in [1.54, 1.807) is 20.8 Å². The molecule has 2 unspecified atom stereocenters. The van der Waals surface area contributed by atoms with Crippen molar-refractivity contribution in [1.29, 1.82) is 0 Å². The molecule has 0 aliphatic carbocycles. The van der Waals surface area contributed by atoms with Crippen LogP contribution in [-0.4, -0.2) is 31.4 Å². The highest BCUT2D eigenvalue weighted by Gasteiger charge is 2.41. The van der Waals surface area contributed by atoms with Crippen LogP contribution >= 0.6 is 0 Å². The Kier molecular flexibility index (Phi) is 5.87. The molecule has 0 aromatic heterocycles. The zero-order valence-electron chi connectivity index (χ0n) is 12.8. The number of carbonyl (C=O) groups excluding carboxylic acids is 1. The molecule has 1 aromatic carbocycles. The third-order valence-corrected chi connectivity index (χ3v) is 3.68. The Hall–Kier alpha value is -1.23. The fourth-order valence-electron chi connectivity index (χ4n) is 2.47. The molecule has 0 spiro atoms. The summed E-state index contributed by atoms with van der Waals surface area (Å²) in [6.45, 7) is 5.26. The smallest absolute Gasteiger partial charge is 0.168 e. The van der Waals surface area contributed by atoms with Gasteiger partial charge < -0.3 is 14.6 Å². The molecule has 0 aliphatic heterocycles. The first-order chi connectivity index (χ1) is 9.36. The average Bonchev–Trinajstić information content (AvgIpc) is 2.46. The Morgan fingerprint density at radius 3 is 2.10 bits per heavy atom. The molecule has 0 amide bonds. The Balaban J connectivity index is 2.91. The molecule has 0 bridgehead atoms. The summed E-state index contributed by atoms with van der Waals surface area (Å²) in [5.74, 6) is -0.636. The second-order valence-corrected chi connectivity index (χ2v) is 5.53. The van der Waals surface area contributed by atoms with Crippen LogP contribution in [0.2, 0.25) is 0 Å². The summed E-state index contributed by atoms with van der Waals surface area (Å²) in [6.07, 6.45) is -1.47. The zero-order chi connectivity index (χ0) is 15.3. The number of hydrogen-bond donors (Lipinski definition) is 1. The lowest BCUT2D eigenvalue weighted by molar-refractivity contribution is -0.182. The molecule has 4 nitrogen and oxygen atoms in total. The molecule has 0 fully saturated rings. The molecule has 0 saturated carbocycles. The van der Waals surface area contributed by atoms with Crippen molar-refractivity contribution in [2.45, 2.75) is 33.2 Å². The van der Waals surface area contributed by atoms with E-state index in [0.29, 0.717) is 0 Å².